The van der Waals surface area contributed by atoms with Crippen LogP contribution in [0.5, 0.6) is 0 Å². The second-order valence-corrected chi connectivity index (χ2v) is 9.28. The summed E-state index contributed by atoms with van der Waals surface area (Å²) in [6.07, 6.45) is 3.64. The summed E-state index contributed by atoms with van der Waals surface area (Å²) in [5.41, 5.74) is 2.44. The second-order valence-electron chi connectivity index (χ2n) is 7.26. The van der Waals surface area contributed by atoms with Gasteiger partial charge in [0.25, 0.3) is 0 Å². The summed E-state index contributed by atoms with van der Waals surface area (Å²) < 4.78 is 43.0. The van der Waals surface area contributed by atoms with E-state index in [0.29, 0.717) is 11.1 Å². The Labute approximate surface area is 158 Å². The van der Waals surface area contributed by atoms with Crippen LogP contribution in [-0.2, 0) is 14.6 Å². The molecule has 0 aromatic heterocycles. The van der Waals surface area contributed by atoms with Gasteiger partial charge < -0.3 is 9.84 Å². The normalized spacial score (nSPS) is 22.0. The van der Waals surface area contributed by atoms with Crippen LogP contribution in [0, 0.1) is 5.82 Å². The second kappa shape index (κ2) is 6.55. The van der Waals surface area contributed by atoms with E-state index in [0.717, 1.165) is 36.8 Å². The van der Waals surface area contributed by atoms with Crippen molar-refractivity contribution in [3.8, 4) is 0 Å². The molecule has 2 aliphatic rings. The Morgan fingerprint density at radius 1 is 1.00 bits per heavy atom. The molecular weight excluding hydrogens is 367 g/mol. The molecular formula is C21H21FO4S. The first-order valence-corrected chi connectivity index (χ1v) is 10.9. The van der Waals surface area contributed by atoms with Gasteiger partial charge in [0.2, 0.25) is 0 Å². The van der Waals surface area contributed by atoms with E-state index in [1.54, 1.807) is 36.4 Å². The molecule has 1 spiro atoms. The quantitative estimate of drug-likeness (QED) is 0.869. The Kier molecular flexibility index (Phi) is 4.45. The van der Waals surface area contributed by atoms with Crippen molar-refractivity contribution in [3.05, 3.63) is 65.5 Å². The number of halogens is 1. The first kappa shape index (κ1) is 18.3. The molecule has 0 bridgehead atoms. The molecule has 0 radical (unpaired) electrons. The Bertz CT molecular complexity index is 985. The molecule has 1 N–H and O–H groups in total. The minimum absolute atomic E-state index is 0.245. The third kappa shape index (κ3) is 3.22. The van der Waals surface area contributed by atoms with Crippen LogP contribution in [0.1, 0.15) is 36.8 Å². The van der Waals surface area contributed by atoms with Crippen molar-refractivity contribution >= 4 is 21.0 Å². The van der Waals surface area contributed by atoms with Gasteiger partial charge in [0.05, 0.1) is 10.5 Å². The van der Waals surface area contributed by atoms with Gasteiger partial charge in [0, 0.05) is 17.4 Å². The molecule has 1 fully saturated rings. The van der Waals surface area contributed by atoms with Crippen LogP contribution >= 0.6 is 0 Å². The topological polar surface area (TPSA) is 63.6 Å². The predicted molar refractivity (Wildman–Crippen MR) is 101 cm³/mol. The van der Waals surface area contributed by atoms with Crippen LogP contribution < -0.4 is 0 Å². The van der Waals surface area contributed by atoms with E-state index in [2.05, 4.69) is 0 Å². The maximum absolute atomic E-state index is 13.4. The van der Waals surface area contributed by atoms with Crippen molar-refractivity contribution in [2.24, 2.45) is 0 Å². The third-order valence-electron chi connectivity index (χ3n) is 5.45. The number of sulfone groups is 1. The smallest absolute Gasteiger partial charge is 0.183 e. The van der Waals surface area contributed by atoms with Crippen molar-refractivity contribution in [1.29, 1.82) is 0 Å². The number of rotatable bonds is 3. The molecule has 1 aliphatic carbocycles. The molecule has 142 valence electrons. The van der Waals surface area contributed by atoms with Crippen LogP contribution in [0.3, 0.4) is 0 Å². The molecule has 1 saturated carbocycles. The monoisotopic (exact) mass is 388 g/mol. The minimum atomic E-state index is -3.29. The van der Waals surface area contributed by atoms with Crippen molar-refractivity contribution < 1.29 is 22.7 Å². The fraction of sp³-hybridized carbons (Fsp3) is 0.333. The molecule has 1 atom stereocenters. The first-order valence-electron chi connectivity index (χ1n) is 8.97. The van der Waals surface area contributed by atoms with Crippen molar-refractivity contribution in [2.75, 3.05) is 6.26 Å². The zero-order chi connectivity index (χ0) is 19.2. The van der Waals surface area contributed by atoms with Gasteiger partial charge in [-0.1, -0.05) is 37.1 Å². The van der Waals surface area contributed by atoms with Gasteiger partial charge in [-0.15, -0.1) is 0 Å². The molecule has 27 heavy (non-hydrogen) atoms. The molecule has 1 heterocycles. The molecule has 0 saturated heterocycles. The Morgan fingerprint density at radius 2 is 1.56 bits per heavy atom. The van der Waals surface area contributed by atoms with Gasteiger partial charge in [-0.3, -0.25) is 0 Å². The van der Waals surface area contributed by atoms with E-state index >= 15 is 0 Å². The van der Waals surface area contributed by atoms with Crippen molar-refractivity contribution in [1.82, 2.24) is 0 Å². The van der Waals surface area contributed by atoms with E-state index in [-0.39, 0.29) is 10.7 Å². The van der Waals surface area contributed by atoms with Gasteiger partial charge in [0.15, 0.2) is 16.1 Å². The van der Waals surface area contributed by atoms with Crippen molar-refractivity contribution in [2.45, 2.75) is 42.5 Å². The molecule has 2 aromatic rings. The zero-order valence-corrected chi connectivity index (χ0v) is 15.8. The Hall–Kier alpha value is -2.02. The summed E-state index contributed by atoms with van der Waals surface area (Å²) in [6.45, 7) is 0. The minimum Gasteiger partial charge on any atom is -0.364 e. The van der Waals surface area contributed by atoms with Crippen LogP contribution in [0.4, 0.5) is 4.39 Å². The average Bonchev–Trinajstić information content (AvgIpc) is 3.20. The van der Waals surface area contributed by atoms with E-state index < -0.39 is 21.7 Å². The number of benzene rings is 2. The summed E-state index contributed by atoms with van der Waals surface area (Å²) >= 11 is 0. The summed E-state index contributed by atoms with van der Waals surface area (Å²) in [6, 6.07) is 12.7. The van der Waals surface area contributed by atoms with E-state index in [4.69, 9.17) is 4.74 Å². The highest BCUT2D eigenvalue weighted by molar-refractivity contribution is 7.90. The number of hydrogen-bond acceptors (Lipinski definition) is 4. The van der Waals surface area contributed by atoms with Crippen LogP contribution in [0.15, 0.2) is 53.4 Å². The summed E-state index contributed by atoms with van der Waals surface area (Å²) in [4.78, 5) is 0.245. The van der Waals surface area contributed by atoms with E-state index in [1.165, 1.54) is 18.4 Å². The molecule has 4 rings (SSSR count). The molecule has 1 unspecified atom stereocenters. The van der Waals surface area contributed by atoms with Gasteiger partial charge in [-0.2, -0.15) is 0 Å². The standard InChI is InChI=1S/C21H21FO4S/c1-27(24,25)17-10-6-15(7-11-17)19-18(14-4-8-16(22)9-5-14)20(23)26-21(19)12-2-3-13-21/h4-11,20,23H,2-3,12-13H2,1H3. The average molecular weight is 388 g/mol. The van der Waals surface area contributed by atoms with Gasteiger partial charge in [0.1, 0.15) is 5.82 Å². The maximum Gasteiger partial charge on any atom is 0.183 e. The molecule has 4 nitrogen and oxygen atoms in total. The lowest BCUT2D eigenvalue weighted by Gasteiger charge is -2.27. The Balaban J connectivity index is 1.90. The lowest BCUT2D eigenvalue weighted by molar-refractivity contribution is -0.112. The third-order valence-corrected chi connectivity index (χ3v) is 6.58. The maximum atomic E-state index is 13.4. The highest BCUT2D eigenvalue weighted by Crippen LogP contribution is 2.53. The lowest BCUT2D eigenvalue weighted by Crippen LogP contribution is -2.28. The molecule has 0 amide bonds. The lowest BCUT2D eigenvalue weighted by atomic mass is 9.83. The highest BCUT2D eigenvalue weighted by atomic mass is 32.2. The fourth-order valence-corrected chi connectivity index (χ4v) is 4.85. The first-order chi connectivity index (χ1) is 12.8. The molecule has 1 aliphatic heterocycles. The highest BCUT2D eigenvalue weighted by Gasteiger charge is 2.48. The molecule has 6 heteroatoms. The summed E-state index contributed by atoms with van der Waals surface area (Å²) in [7, 11) is -3.29. The van der Waals surface area contributed by atoms with Crippen molar-refractivity contribution in [3.63, 3.8) is 0 Å². The molecule has 2 aromatic carbocycles. The summed E-state index contributed by atoms with van der Waals surface area (Å²) in [5, 5.41) is 10.7. The van der Waals surface area contributed by atoms with Gasteiger partial charge in [-0.05, 0) is 48.2 Å². The largest absolute Gasteiger partial charge is 0.364 e. The van der Waals surface area contributed by atoms with Crippen LogP contribution in [0.25, 0.3) is 11.1 Å². The predicted octanol–water partition coefficient (Wildman–Crippen LogP) is 3.80. The summed E-state index contributed by atoms with van der Waals surface area (Å²) in [5.74, 6) is -0.345. The Morgan fingerprint density at radius 3 is 2.11 bits per heavy atom. The number of hydrogen-bond donors (Lipinski definition) is 1. The fourth-order valence-electron chi connectivity index (χ4n) is 4.22. The van der Waals surface area contributed by atoms with Gasteiger partial charge >= 0.3 is 0 Å². The number of aliphatic hydroxyl groups is 1. The number of aliphatic hydroxyl groups excluding tert-OH is 1. The zero-order valence-electron chi connectivity index (χ0n) is 15.0. The van der Waals surface area contributed by atoms with Gasteiger partial charge in [-0.25, -0.2) is 12.8 Å². The SMILES string of the molecule is CS(=O)(=O)c1ccc(C2=C(c3ccc(F)cc3)C(O)OC23CCCC3)cc1. The van der Waals surface area contributed by atoms with E-state index in [9.17, 15) is 17.9 Å². The van der Waals surface area contributed by atoms with E-state index in [1.807, 2.05) is 0 Å². The van der Waals surface area contributed by atoms with Crippen LogP contribution in [-0.4, -0.2) is 31.7 Å². The van der Waals surface area contributed by atoms with Crippen LogP contribution in [0.2, 0.25) is 0 Å². The number of ether oxygens (including phenoxy) is 1.